The molecule has 1 saturated heterocycles. The summed E-state index contributed by atoms with van der Waals surface area (Å²) in [6.45, 7) is 4.85. The van der Waals surface area contributed by atoms with Gasteiger partial charge in [-0.2, -0.15) is 0 Å². The smallest absolute Gasteiger partial charge is 0.213 e. The number of nitrogens with zero attached hydrogens (tertiary/aromatic N) is 2. The Morgan fingerprint density at radius 3 is 2.64 bits per heavy atom. The Kier molecular flexibility index (Phi) is 8.40. The zero-order valence-corrected chi connectivity index (χ0v) is 16.5. The first kappa shape index (κ1) is 20.0. The van der Waals surface area contributed by atoms with Crippen LogP contribution in [0.5, 0.6) is 0 Å². The largest absolute Gasteiger partial charge is 0.370 e. The third-order valence-corrected chi connectivity index (χ3v) is 5.76. The average Bonchev–Trinajstić information content (AvgIpc) is 2.36. The Hall–Kier alpha value is -0.0900. The van der Waals surface area contributed by atoms with Crippen LogP contribution in [-0.4, -0.2) is 51.2 Å². The van der Waals surface area contributed by atoms with Crippen LogP contribution in [0.2, 0.25) is 0 Å². The summed E-state index contributed by atoms with van der Waals surface area (Å²) in [6.07, 6.45) is 5.85. The van der Waals surface area contributed by atoms with E-state index in [9.17, 15) is 8.42 Å². The summed E-state index contributed by atoms with van der Waals surface area (Å²) in [5, 5.41) is 0. The number of halogens is 1. The molecule has 2 fully saturated rings. The molecule has 0 aromatic heterocycles. The van der Waals surface area contributed by atoms with Crippen LogP contribution in [0, 0.1) is 11.8 Å². The summed E-state index contributed by atoms with van der Waals surface area (Å²) < 4.78 is 26.4. The molecule has 2 rings (SSSR count). The highest BCUT2D eigenvalue weighted by Gasteiger charge is 2.20. The van der Waals surface area contributed by atoms with E-state index in [0.717, 1.165) is 32.4 Å². The summed E-state index contributed by atoms with van der Waals surface area (Å²) in [5.74, 6) is 1.66. The molecule has 0 bridgehead atoms. The molecule has 8 heteroatoms. The van der Waals surface area contributed by atoms with Crippen molar-refractivity contribution in [2.45, 2.75) is 39.0 Å². The van der Waals surface area contributed by atoms with Crippen molar-refractivity contribution in [3.63, 3.8) is 0 Å². The number of aliphatic imine (C=N–C) groups is 1. The minimum Gasteiger partial charge on any atom is -0.370 e. The lowest BCUT2D eigenvalue weighted by Crippen LogP contribution is -2.43. The van der Waals surface area contributed by atoms with Crippen LogP contribution in [0.1, 0.15) is 39.0 Å². The maximum Gasteiger partial charge on any atom is 0.213 e. The summed E-state index contributed by atoms with van der Waals surface area (Å²) >= 11 is 0. The quantitative estimate of drug-likeness (QED) is 0.368. The second-order valence-electron chi connectivity index (χ2n) is 6.40. The zero-order valence-electron chi connectivity index (χ0n) is 13.3. The topological polar surface area (TPSA) is 87.8 Å². The Labute approximate surface area is 151 Å². The predicted molar refractivity (Wildman–Crippen MR) is 101 cm³/mol. The number of hydrogen-bond acceptors (Lipinski definition) is 3. The molecule has 130 valence electrons. The number of guanidine groups is 1. The van der Waals surface area contributed by atoms with E-state index in [1.54, 1.807) is 0 Å². The molecular formula is C14H29IN4O2S. The number of likely N-dealkylation sites (tertiary alicyclic amines) is 1. The van der Waals surface area contributed by atoms with Crippen molar-refractivity contribution in [3.8, 4) is 0 Å². The van der Waals surface area contributed by atoms with Crippen molar-refractivity contribution < 1.29 is 8.42 Å². The fourth-order valence-corrected chi connectivity index (χ4v) is 3.76. The Morgan fingerprint density at radius 1 is 1.32 bits per heavy atom. The lowest BCUT2D eigenvalue weighted by molar-refractivity contribution is 0.270. The molecule has 0 spiro atoms. The predicted octanol–water partition coefficient (Wildman–Crippen LogP) is 1.37. The van der Waals surface area contributed by atoms with Crippen molar-refractivity contribution in [2.75, 3.05) is 31.9 Å². The van der Waals surface area contributed by atoms with Gasteiger partial charge in [-0.05, 0) is 37.5 Å². The van der Waals surface area contributed by atoms with Crippen molar-refractivity contribution in [3.05, 3.63) is 0 Å². The fourth-order valence-electron chi connectivity index (χ4n) is 2.79. The van der Waals surface area contributed by atoms with Gasteiger partial charge in [-0.15, -0.1) is 24.0 Å². The lowest BCUT2D eigenvalue weighted by Gasteiger charge is -2.31. The molecule has 1 heterocycles. The van der Waals surface area contributed by atoms with Gasteiger partial charge in [0.2, 0.25) is 10.0 Å². The van der Waals surface area contributed by atoms with Crippen molar-refractivity contribution >= 4 is 40.0 Å². The van der Waals surface area contributed by atoms with Gasteiger partial charge in [-0.25, -0.2) is 13.1 Å². The van der Waals surface area contributed by atoms with Crippen LogP contribution in [0.15, 0.2) is 4.99 Å². The first-order chi connectivity index (χ1) is 9.96. The van der Waals surface area contributed by atoms with Gasteiger partial charge in [-0.1, -0.05) is 13.3 Å². The highest BCUT2D eigenvalue weighted by atomic mass is 127. The molecule has 0 aromatic rings. The zero-order chi connectivity index (χ0) is 15.3. The first-order valence-corrected chi connectivity index (χ1v) is 9.64. The molecular weight excluding hydrogens is 415 g/mol. The third kappa shape index (κ3) is 6.57. The summed E-state index contributed by atoms with van der Waals surface area (Å²) in [6, 6.07) is 0. The van der Waals surface area contributed by atoms with Crippen molar-refractivity contribution in [2.24, 2.45) is 22.6 Å². The average molecular weight is 444 g/mol. The van der Waals surface area contributed by atoms with Gasteiger partial charge in [-0.3, -0.25) is 4.99 Å². The van der Waals surface area contributed by atoms with Gasteiger partial charge < -0.3 is 10.6 Å². The van der Waals surface area contributed by atoms with Gasteiger partial charge in [0.15, 0.2) is 5.96 Å². The summed E-state index contributed by atoms with van der Waals surface area (Å²) in [5.41, 5.74) is 5.95. The second-order valence-corrected chi connectivity index (χ2v) is 8.32. The Bertz CT molecular complexity index is 465. The van der Waals surface area contributed by atoms with E-state index < -0.39 is 10.0 Å². The summed E-state index contributed by atoms with van der Waals surface area (Å²) in [4.78, 5) is 6.29. The van der Waals surface area contributed by atoms with Gasteiger partial charge in [0, 0.05) is 19.6 Å². The van der Waals surface area contributed by atoms with E-state index in [-0.39, 0.29) is 36.3 Å². The van der Waals surface area contributed by atoms with Crippen LogP contribution in [0.4, 0.5) is 0 Å². The number of nitrogens with one attached hydrogen (secondary N) is 1. The van der Waals surface area contributed by atoms with Crippen LogP contribution in [0.25, 0.3) is 0 Å². The molecule has 1 aliphatic carbocycles. The SMILES string of the molecule is CC1CCCN(C(N)=NCCS(=O)(=O)NCC2CCC2)C1.I. The highest BCUT2D eigenvalue weighted by Crippen LogP contribution is 2.25. The van der Waals surface area contributed by atoms with Crippen LogP contribution in [-0.2, 0) is 10.0 Å². The normalized spacial score (nSPS) is 23.8. The maximum atomic E-state index is 11.9. The highest BCUT2D eigenvalue weighted by molar-refractivity contribution is 14.0. The van der Waals surface area contributed by atoms with E-state index in [1.165, 1.54) is 12.8 Å². The summed E-state index contributed by atoms with van der Waals surface area (Å²) in [7, 11) is -3.22. The molecule has 1 unspecified atom stereocenters. The Balaban J connectivity index is 0.00000242. The molecule has 0 amide bonds. The number of hydrogen-bond donors (Lipinski definition) is 2. The van der Waals surface area contributed by atoms with Gasteiger partial charge in [0.1, 0.15) is 0 Å². The van der Waals surface area contributed by atoms with Crippen molar-refractivity contribution in [1.82, 2.24) is 9.62 Å². The number of sulfonamides is 1. The number of nitrogens with two attached hydrogens (primary N) is 1. The number of rotatable bonds is 6. The molecule has 1 aliphatic heterocycles. The standard InChI is InChI=1S/C14H28N4O2S.HI/c1-12-4-3-8-18(11-12)14(15)16-7-9-21(19,20)17-10-13-5-2-6-13;/h12-13,17H,2-11H2,1H3,(H2,15,16);1H. The first-order valence-electron chi connectivity index (χ1n) is 7.98. The molecule has 1 atom stereocenters. The molecule has 0 aromatic carbocycles. The maximum absolute atomic E-state index is 11.9. The minimum atomic E-state index is -3.22. The fraction of sp³-hybridized carbons (Fsp3) is 0.929. The minimum absolute atomic E-state index is 0. The van der Waals surface area contributed by atoms with Crippen LogP contribution < -0.4 is 10.5 Å². The van der Waals surface area contributed by atoms with Crippen LogP contribution >= 0.6 is 24.0 Å². The molecule has 2 aliphatic rings. The second kappa shape index (κ2) is 9.27. The monoisotopic (exact) mass is 444 g/mol. The van der Waals surface area contributed by atoms with Gasteiger partial charge in [0.05, 0.1) is 12.3 Å². The van der Waals surface area contributed by atoms with E-state index in [4.69, 9.17) is 5.73 Å². The molecule has 3 N–H and O–H groups in total. The van der Waals surface area contributed by atoms with Gasteiger partial charge >= 0.3 is 0 Å². The van der Waals surface area contributed by atoms with Gasteiger partial charge in [0.25, 0.3) is 0 Å². The van der Waals surface area contributed by atoms with Crippen LogP contribution in [0.3, 0.4) is 0 Å². The third-order valence-electron chi connectivity index (χ3n) is 4.43. The molecule has 6 nitrogen and oxygen atoms in total. The van der Waals surface area contributed by atoms with Crippen molar-refractivity contribution in [1.29, 1.82) is 0 Å². The van der Waals surface area contributed by atoms with E-state index >= 15 is 0 Å². The molecule has 1 saturated carbocycles. The van der Waals surface area contributed by atoms with E-state index in [1.807, 2.05) is 0 Å². The number of piperidine rings is 1. The Morgan fingerprint density at radius 2 is 2.05 bits per heavy atom. The lowest BCUT2D eigenvalue weighted by atomic mass is 9.86. The van der Waals surface area contributed by atoms with E-state index in [0.29, 0.717) is 24.3 Å². The molecule has 0 radical (unpaired) electrons. The molecule has 22 heavy (non-hydrogen) atoms. The van der Waals surface area contributed by atoms with E-state index in [2.05, 4.69) is 21.5 Å².